The Morgan fingerprint density at radius 1 is 1.30 bits per heavy atom. The third-order valence-corrected chi connectivity index (χ3v) is 4.97. The van der Waals surface area contributed by atoms with Crippen molar-refractivity contribution in [3.63, 3.8) is 0 Å². The fourth-order valence-electron chi connectivity index (χ4n) is 1.27. The number of nitrogens with one attached hydrogen (secondary N) is 1. The summed E-state index contributed by atoms with van der Waals surface area (Å²) in [4.78, 5) is 12.7. The van der Waals surface area contributed by atoms with E-state index in [9.17, 15) is 9.90 Å². The van der Waals surface area contributed by atoms with E-state index < -0.39 is 11.1 Å². The van der Waals surface area contributed by atoms with E-state index in [1.807, 2.05) is 0 Å². The molecule has 1 aromatic rings. The molecule has 0 aliphatic carbocycles. The van der Waals surface area contributed by atoms with Gasteiger partial charge in [0.25, 0.3) is 0 Å². The molecule has 0 spiro atoms. The fraction of sp³-hybridized carbons (Fsp3) is 0.500. The number of aliphatic hydroxyl groups is 1. The highest BCUT2D eigenvalue weighted by molar-refractivity contribution is 8.00. The van der Waals surface area contributed by atoms with Crippen molar-refractivity contribution in [2.24, 2.45) is 0 Å². The van der Waals surface area contributed by atoms with Gasteiger partial charge in [-0.25, -0.2) is 0 Å². The van der Waals surface area contributed by atoms with Crippen LogP contribution in [0.5, 0.6) is 0 Å². The zero-order chi connectivity index (χ0) is 15.6. The molecule has 0 aliphatic rings. The van der Waals surface area contributed by atoms with Crippen LogP contribution in [0.25, 0.3) is 0 Å². The minimum absolute atomic E-state index is 0.168. The van der Waals surface area contributed by atoms with Gasteiger partial charge in [0.05, 0.1) is 21.9 Å². The molecule has 0 saturated carbocycles. The summed E-state index contributed by atoms with van der Waals surface area (Å²) in [6.07, 6.45) is 0. The molecule has 112 valence electrons. The number of thioether (sulfide) groups is 1. The Bertz CT molecular complexity index is 498. The maximum atomic E-state index is 12.0. The van der Waals surface area contributed by atoms with Crippen LogP contribution in [0.4, 0.5) is 0 Å². The van der Waals surface area contributed by atoms with Gasteiger partial charge in [-0.1, -0.05) is 23.2 Å². The van der Waals surface area contributed by atoms with Gasteiger partial charge in [0.15, 0.2) is 0 Å². The topological polar surface area (TPSA) is 49.3 Å². The SMILES string of the molecule is CC(C)(O)C(C)(C)NC(=O)CSc1cc(Cl)ccc1Cl. The molecule has 1 rings (SSSR count). The summed E-state index contributed by atoms with van der Waals surface area (Å²) in [7, 11) is 0. The molecule has 6 heteroatoms. The number of hydrogen-bond acceptors (Lipinski definition) is 3. The molecule has 0 bridgehead atoms. The Morgan fingerprint density at radius 3 is 2.45 bits per heavy atom. The molecule has 0 atom stereocenters. The second-order valence-corrected chi connectivity index (χ2v) is 7.46. The van der Waals surface area contributed by atoms with Crippen LogP contribution in [-0.4, -0.2) is 27.9 Å². The molecule has 1 amide bonds. The molecular formula is C14H19Cl2NO2S. The summed E-state index contributed by atoms with van der Waals surface area (Å²) in [5, 5.41) is 14.0. The van der Waals surface area contributed by atoms with Crippen LogP contribution in [0, 0.1) is 0 Å². The zero-order valence-electron chi connectivity index (χ0n) is 12.0. The largest absolute Gasteiger partial charge is 0.388 e. The highest BCUT2D eigenvalue weighted by atomic mass is 35.5. The van der Waals surface area contributed by atoms with Gasteiger partial charge in [0.2, 0.25) is 5.91 Å². The second kappa shape index (κ2) is 6.56. The van der Waals surface area contributed by atoms with Crippen molar-refractivity contribution in [3.05, 3.63) is 28.2 Å². The van der Waals surface area contributed by atoms with E-state index in [0.717, 1.165) is 4.90 Å². The summed E-state index contributed by atoms with van der Waals surface area (Å²) >= 11 is 13.2. The van der Waals surface area contributed by atoms with E-state index in [0.29, 0.717) is 10.0 Å². The predicted octanol–water partition coefficient (Wildman–Crippen LogP) is 3.75. The van der Waals surface area contributed by atoms with Gasteiger partial charge in [0, 0.05) is 9.92 Å². The van der Waals surface area contributed by atoms with Crippen LogP contribution in [-0.2, 0) is 4.79 Å². The Morgan fingerprint density at radius 2 is 1.90 bits per heavy atom. The third kappa shape index (κ3) is 4.85. The van der Waals surface area contributed by atoms with E-state index in [2.05, 4.69) is 5.32 Å². The number of hydrogen-bond donors (Lipinski definition) is 2. The summed E-state index contributed by atoms with van der Waals surface area (Å²) < 4.78 is 0. The number of halogens is 2. The highest BCUT2D eigenvalue weighted by Crippen LogP contribution is 2.30. The molecule has 3 nitrogen and oxygen atoms in total. The van der Waals surface area contributed by atoms with Gasteiger partial charge in [-0.3, -0.25) is 4.79 Å². The number of carbonyl (C=O) groups excluding carboxylic acids is 1. The number of benzene rings is 1. The molecule has 0 radical (unpaired) electrons. The maximum Gasteiger partial charge on any atom is 0.230 e. The third-order valence-electron chi connectivity index (χ3n) is 3.23. The van der Waals surface area contributed by atoms with Crippen LogP contribution in [0.1, 0.15) is 27.7 Å². The van der Waals surface area contributed by atoms with Crippen molar-refractivity contribution in [2.75, 3.05) is 5.75 Å². The molecule has 0 heterocycles. The Kier molecular flexibility index (Phi) is 5.79. The van der Waals surface area contributed by atoms with Gasteiger partial charge in [0.1, 0.15) is 0 Å². The molecule has 0 fully saturated rings. The first-order valence-corrected chi connectivity index (χ1v) is 7.88. The van der Waals surface area contributed by atoms with Gasteiger partial charge in [-0.05, 0) is 45.9 Å². The maximum absolute atomic E-state index is 12.0. The van der Waals surface area contributed by atoms with E-state index >= 15 is 0 Å². The highest BCUT2D eigenvalue weighted by Gasteiger charge is 2.36. The minimum atomic E-state index is -1.01. The van der Waals surface area contributed by atoms with Gasteiger partial charge < -0.3 is 10.4 Å². The Hall–Kier alpha value is -0.420. The Balaban J connectivity index is 2.62. The first kappa shape index (κ1) is 17.6. The van der Waals surface area contributed by atoms with Crippen molar-refractivity contribution in [2.45, 2.75) is 43.7 Å². The summed E-state index contributed by atoms with van der Waals surface area (Å²) in [5.41, 5.74) is -1.73. The van der Waals surface area contributed by atoms with Crippen molar-refractivity contribution < 1.29 is 9.90 Å². The average molecular weight is 336 g/mol. The smallest absolute Gasteiger partial charge is 0.230 e. The second-order valence-electron chi connectivity index (χ2n) is 5.60. The molecule has 1 aromatic carbocycles. The van der Waals surface area contributed by atoms with Crippen LogP contribution >= 0.6 is 35.0 Å². The van der Waals surface area contributed by atoms with Crippen molar-refractivity contribution in [1.29, 1.82) is 0 Å². The molecule has 2 N–H and O–H groups in total. The summed E-state index contributed by atoms with van der Waals surface area (Å²) in [6.45, 7) is 6.88. The van der Waals surface area contributed by atoms with Crippen LogP contribution in [0.15, 0.2) is 23.1 Å². The van der Waals surface area contributed by atoms with Crippen molar-refractivity contribution in [3.8, 4) is 0 Å². The quantitative estimate of drug-likeness (QED) is 0.805. The number of rotatable bonds is 5. The monoisotopic (exact) mass is 335 g/mol. The lowest BCUT2D eigenvalue weighted by Crippen LogP contribution is -2.58. The lowest BCUT2D eigenvalue weighted by atomic mass is 9.86. The van der Waals surface area contributed by atoms with Crippen molar-refractivity contribution in [1.82, 2.24) is 5.32 Å². The number of amides is 1. The van der Waals surface area contributed by atoms with E-state index in [-0.39, 0.29) is 11.7 Å². The standard InChI is InChI=1S/C14H19Cl2NO2S/c1-13(2,14(3,4)19)17-12(18)8-20-11-7-9(15)5-6-10(11)16/h5-7,19H,8H2,1-4H3,(H,17,18). The molecule has 20 heavy (non-hydrogen) atoms. The lowest BCUT2D eigenvalue weighted by Gasteiger charge is -2.38. The summed E-state index contributed by atoms with van der Waals surface area (Å²) in [5.74, 6) is 0.0395. The minimum Gasteiger partial charge on any atom is -0.388 e. The average Bonchev–Trinajstić information content (AvgIpc) is 2.28. The Labute approximate surface area is 134 Å². The van der Waals surface area contributed by atoms with Crippen molar-refractivity contribution >= 4 is 40.9 Å². The van der Waals surface area contributed by atoms with Crippen LogP contribution in [0.3, 0.4) is 0 Å². The van der Waals surface area contributed by atoms with Gasteiger partial charge in [-0.2, -0.15) is 0 Å². The molecule has 0 saturated heterocycles. The lowest BCUT2D eigenvalue weighted by molar-refractivity contribution is -0.123. The first-order chi connectivity index (χ1) is 9.03. The molecular weight excluding hydrogens is 317 g/mol. The first-order valence-electron chi connectivity index (χ1n) is 6.14. The predicted molar refractivity (Wildman–Crippen MR) is 85.7 cm³/mol. The van der Waals surface area contributed by atoms with E-state index in [4.69, 9.17) is 23.2 Å². The zero-order valence-corrected chi connectivity index (χ0v) is 14.3. The van der Waals surface area contributed by atoms with Gasteiger partial charge >= 0.3 is 0 Å². The number of carbonyl (C=O) groups is 1. The van der Waals surface area contributed by atoms with E-state index in [1.165, 1.54) is 11.8 Å². The molecule has 0 aliphatic heterocycles. The fourth-order valence-corrected chi connectivity index (χ4v) is 2.56. The normalized spacial score (nSPS) is 12.3. The molecule has 0 unspecified atom stereocenters. The summed E-state index contributed by atoms with van der Waals surface area (Å²) in [6, 6.07) is 5.12. The van der Waals surface area contributed by atoms with Crippen LogP contribution < -0.4 is 5.32 Å². The molecule has 0 aromatic heterocycles. The van der Waals surface area contributed by atoms with Crippen LogP contribution in [0.2, 0.25) is 10.0 Å². The van der Waals surface area contributed by atoms with E-state index in [1.54, 1.807) is 45.9 Å². The van der Waals surface area contributed by atoms with Gasteiger partial charge in [-0.15, -0.1) is 11.8 Å².